The molecule has 30 heavy (non-hydrogen) atoms. The van der Waals surface area contributed by atoms with Crippen LogP contribution in [0, 0.1) is 6.92 Å². The van der Waals surface area contributed by atoms with E-state index in [1.165, 1.54) is 18.5 Å². The fourth-order valence-electron chi connectivity index (χ4n) is 3.38. The number of aryl methyl sites for hydroxylation is 1. The Morgan fingerprint density at radius 2 is 1.90 bits per heavy atom. The lowest BCUT2D eigenvalue weighted by molar-refractivity contribution is -0.138. The summed E-state index contributed by atoms with van der Waals surface area (Å²) in [5.74, 6) is -0.315. The molecule has 1 aromatic carbocycles. The summed E-state index contributed by atoms with van der Waals surface area (Å²) in [7, 11) is 0. The Bertz CT molecular complexity index is 1390. The van der Waals surface area contributed by atoms with E-state index in [2.05, 4.69) is 15.0 Å². The molecule has 0 unspecified atom stereocenters. The lowest BCUT2D eigenvalue weighted by Crippen LogP contribution is -2.08. The third-order valence-corrected chi connectivity index (χ3v) is 4.73. The minimum atomic E-state index is -4.64. The zero-order valence-corrected chi connectivity index (χ0v) is 15.5. The van der Waals surface area contributed by atoms with Gasteiger partial charge < -0.3 is 9.15 Å². The number of hydrogen-bond donors (Lipinski definition) is 0. The van der Waals surface area contributed by atoms with Gasteiger partial charge >= 0.3 is 6.18 Å². The third-order valence-electron chi connectivity index (χ3n) is 4.73. The Morgan fingerprint density at radius 1 is 1.03 bits per heavy atom. The van der Waals surface area contributed by atoms with E-state index < -0.39 is 11.7 Å². The van der Waals surface area contributed by atoms with Gasteiger partial charge in [-0.25, -0.2) is 9.97 Å². The number of fused-ring (bicyclic) bond motifs is 2. The van der Waals surface area contributed by atoms with Crippen LogP contribution in [-0.2, 0) is 6.18 Å². The summed E-state index contributed by atoms with van der Waals surface area (Å²) in [6.07, 6.45) is 3.02. The Balaban J connectivity index is 1.66. The lowest BCUT2D eigenvalue weighted by atomic mass is 10.0. The van der Waals surface area contributed by atoms with Crippen molar-refractivity contribution in [1.29, 1.82) is 0 Å². The van der Waals surface area contributed by atoms with Crippen molar-refractivity contribution in [2.45, 2.75) is 13.1 Å². The number of benzene rings is 1. The maximum Gasteiger partial charge on any atom is 0.420 e. The molecular weight excluding hydrogens is 397 g/mol. The lowest BCUT2D eigenvalue weighted by Gasteiger charge is -2.16. The largest absolute Gasteiger partial charge is 0.464 e. The molecule has 4 aromatic heterocycles. The maximum absolute atomic E-state index is 13.9. The summed E-state index contributed by atoms with van der Waals surface area (Å²) in [6, 6.07) is 7.09. The predicted octanol–water partition coefficient (Wildman–Crippen LogP) is 5.66. The second-order valence-corrected chi connectivity index (χ2v) is 6.61. The summed E-state index contributed by atoms with van der Waals surface area (Å²) in [5.41, 5.74) is 1.54. The van der Waals surface area contributed by atoms with Crippen molar-refractivity contribution in [3.05, 3.63) is 72.6 Å². The highest BCUT2D eigenvalue weighted by atomic mass is 19.4. The smallest absolute Gasteiger partial charge is 0.420 e. The molecule has 0 aliphatic rings. The fraction of sp³-hybridized carbons (Fsp3) is 0.0952. The van der Waals surface area contributed by atoms with Gasteiger partial charge in [0.2, 0.25) is 5.88 Å². The van der Waals surface area contributed by atoms with Crippen molar-refractivity contribution in [1.82, 2.24) is 19.4 Å². The van der Waals surface area contributed by atoms with Gasteiger partial charge in [-0.15, -0.1) is 0 Å². The minimum absolute atomic E-state index is 0.0362. The van der Waals surface area contributed by atoms with Gasteiger partial charge in [0.1, 0.15) is 11.3 Å². The molecule has 0 amide bonds. The zero-order chi connectivity index (χ0) is 20.9. The van der Waals surface area contributed by atoms with Gasteiger partial charge in [-0.1, -0.05) is 0 Å². The maximum atomic E-state index is 13.9. The van der Waals surface area contributed by atoms with Crippen LogP contribution in [0.4, 0.5) is 13.2 Å². The quantitative estimate of drug-likeness (QED) is 0.384. The molecular formula is C21H13F3N4O2. The standard InChI is InChI=1S/C21H13F3N4O2/c1-12-19(28-8-7-25-18(28)11-27-12)13-2-3-17(15(10-13)21(22,23)24)30-20-14-5-9-29-16(14)4-6-26-20/h2-11H,1H3. The van der Waals surface area contributed by atoms with E-state index in [0.29, 0.717) is 33.6 Å². The van der Waals surface area contributed by atoms with E-state index in [1.54, 1.807) is 48.1 Å². The van der Waals surface area contributed by atoms with Gasteiger partial charge in [0, 0.05) is 24.2 Å². The van der Waals surface area contributed by atoms with Crippen molar-refractivity contribution >= 4 is 16.6 Å². The van der Waals surface area contributed by atoms with Crippen LogP contribution in [0.5, 0.6) is 11.6 Å². The normalized spacial score (nSPS) is 12.0. The van der Waals surface area contributed by atoms with Gasteiger partial charge in [0.25, 0.3) is 0 Å². The first-order valence-corrected chi connectivity index (χ1v) is 8.92. The number of imidazole rings is 1. The predicted molar refractivity (Wildman–Crippen MR) is 102 cm³/mol. The molecule has 0 spiro atoms. The minimum Gasteiger partial charge on any atom is -0.464 e. The first-order valence-electron chi connectivity index (χ1n) is 8.92. The number of ether oxygens (including phenoxy) is 1. The van der Waals surface area contributed by atoms with Crippen molar-refractivity contribution in [2.24, 2.45) is 0 Å². The number of nitrogens with zero attached hydrogens (tertiary/aromatic N) is 4. The highest BCUT2D eigenvalue weighted by Gasteiger charge is 2.35. The van der Waals surface area contributed by atoms with Crippen LogP contribution in [0.25, 0.3) is 27.9 Å². The second kappa shape index (κ2) is 6.58. The van der Waals surface area contributed by atoms with Crippen LogP contribution in [0.1, 0.15) is 11.3 Å². The Hall–Kier alpha value is -3.88. The number of aromatic nitrogens is 4. The van der Waals surface area contributed by atoms with Crippen LogP contribution in [0.2, 0.25) is 0 Å². The average Bonchev–Trinajstić information content (AvgIpc) is 3.37. The summed E-state index contributed by atoms with van der Waals surface area (Å²) >= 11 is 0. The first kappa shape index (κ1) is 18.2. The number of rotatable bonds is 3. The SMILES string of the molecule is Cc1ncc2nccn2c1-c1ccc(Oc2nccc3occc23)c(C(F)(F)F)c1. The van der Waals surface area contributed by atoms with E-state index in [4.69, 9.17) is 9.15 Å². The Labute approximate surface area is 167 Å². The summed E-state index contributed by atoms with van der Waals surface area (Å²) in [6.45, 7) is 1.73. The van der Waals surface area contributed by atoms with Crippen molar-refractivity contribution in [3.8, 4) is 22.9 Å². The molecule has 6 nitrogen and oxygen atoms in total. The molecule has 0 atom stereocenters. The van der Waals surface area contributed by atoms with Gasteiger partial charge in [0.15, 0.2) is 5.65 Å². The van der Waals surface area contributed by atoms with Crippen LogP contribution < -0.4 is 4.74 Å². The molecule has 0 saturated heterocycles. The fourth-order valence-corrected chi connectivity index (χ4v) is 3.38. The number of furan rings is 1. The third kappa shape index (κ3) is 2.95. The summed E-state index contributed by atoms with van der Waals surface area (Å²) in [4.78, 5) is 12.5. The Kier molecular flexibility index (Phi) is 3.99. The molecule has 0 aliphatic carbocycles. The molecule has 0 bridgehead atoms. The van der Waals surface area contributed by atoms with Gasteiger partial charge in [-0.05, 0) is 37.3 Å². The molecule has 5 rings (SSSR count). The number of alkyl halides is 3. The molecule has 0 aliphatic heterocycles. The monoisotopic (exact) mass is 410 g/mol. The number of hydrogen-bond acceptors (Lipinski definition) is 5. The summed E-state index contributed by atoms with van der Waals surface area (Å²) in [5, 5.41) is 0.484. The first-order chi connectivity index (χ1) is 14.4. The summed E-state index contributed by atoms with van der Waals surface area (Å²) < 4.78 is 54.2. The molecule has 0 radical (unpaired) electrons. The Morgan fingerprint density at radius 3 is 2.73 bits per heavy atom. The van der Waals surface area contributed by atoms with E-state index in [-0.39, 0.29) is 11.6 Å². The zero-order valence-electron chi connectivity index (χ0n) is 15.5. The van der Waals surface area contributed by atoms with E-state index in [1.807, 2.05) is 0 Å². The van der Waals surface area contributed by atoms with Crippen LogP contribution >= 0.6 is 0 Å². The molecule has 5 aromatic rings. The van der Waals surface area contributed by atoms with Crippen LogP contribution in [0.15, 0.2) is 65.8 Å². The highest BCUT2D eigenvalue weighted by molar-refractivity contribution is 5.82. The van der Waals surface area contributed by atoms with Crippen LogP contribution in [0.3, 0.4) is 0 Å². The molecule has 0 saturated carbocycles. The van der Waals surface area contributed by atoms with E-state index in [9.17, 15) is 13.2 Å². The highest BCUT2D eigenvalue weighted by Crippen LogP contribution is 2.41. The second-order valence-electron chi connectivity index (χ2n) is 6.61. The van der Waals surface area contributed by atoms with Crippen molar-refractivity contribution < 1.29 is 22.3 Å². The van der Waals surface area contributed by atoms with Crippen LogP contribution in [-0.4, -0.2) is 19.4 Å². The van der Waals surface area contributed by atoms with Crippen molar-refractivity contribution in [3.63, 3.8) is 0 Å². The van der Waals surface area contributed by atoms with E-state index >= 15 is 0 Å². The van der Waals surface area contributed by atoms with Gasteiger partial charge in [-0.3, -0.25) is 9.38 Å². The topological polar surface area (TPSA) is 65.5 Å². The molecule has 0 fully saturated rings. The van der Waals surface area contributed by atoms with E-state index in [0.717, 1.165) is 6.07 Å². The molecule has 150 valence electrons. The molecule has 4 heterocycles. The number of pyridine rings is 1. The molecule has 0 N–H and O–H groups in total. The van der Waals surface area contributed by atoms with Gasteiger partial charge in [0.05, 0.1) is 34.8 Å². The molecule has 9 heteroatoms. The number of halogens is 3. The van der Waals surface area contributed by atoms with Gasteiger partial charge in [-0.2, -0.15) is 13.2 Å². The van der Waals surface area contributed by atoms with Crippen molar-refractivity contribution in [2.75, 3.05) is 0 Å². The average molecular weight is 410 g/mol.